The molecule has 260 valence electrons. The molecule has 0 amide bonds. The summed E-state index contributed by atoms with van der Waals surface area (Å²) in [5.74, 6) is 9.61. The molecular weight excluding hydrogens is 655 g/mol. The van der Waals surface area contributed by atoms with Crippen molar-refractivity contribution in [2.45, 2.75) is 117 Å². The fourth-order valence-electron chi connectivity index (χ4n) is 5.92. The predicted octanol–water partition coefficient (Wildman–Crippen LogP) is 10.1. The van der Waals surface area contributed by atoms with Crippen LogP contribution >= 0.6 is 47.0 Å². The van der Waals surface area contributed by atoms with E-state index >= 15 is 0 Å². The Hall–Kier alpha value is -0.0531. The summed E-state index contributed by atoms with van der Waals surface area (Å²) in [5, 5.41) is 23.5. The molecule has 5 rings (SSSR count). The average molecular weight is 718 g/mol. The minimum absolute atomic E-state index is 0.0648. The van der Waals surface area contributed by atoms with Gasteiger partial charge in [-0.2, -0.15) is 28.8 Å². The molecule has 2 aliphatic heterocycles. The number of thioether (sulfide) groups is 4. The first kappa shape index (κ1) is 43.0. The van der Waals surface area contributed by atoms with Gasteiger partial charge in [0.2, 0.25) is 0 Å². The molecular formula is C35H63NO4S4Si. The van der Waals surface area contributed by atoms with E-state index in [1.807, 2.05) is 0 Å². The Kier molecular flexibility index (Phi) is 21.5. The number of hydrogen-bond acceptors (Lipinski definition) is 8. The van der Waals surface area contributed by atoms with E-state index in [0.717, 1.165) is 41.7 Å². The second-order valence-electron chi connectivity index (χ2n) is 14.8. The molecule has 2 saturated heterocycles. The van der Waals surface area contributed by atoms with E-state index in [1.54, 1.807) is 9.81 Å². The van der Waals surface area contributed by atoms with Crippen molar-refractivity contribution in [1.29, 1.82) is 5.26 Å². The third-order valence-electron chi connectivity index (χ3n) is 9.46. The quantitative estimate of drug-likeness (QED) is 0.214. The van der Waals surface area contributed by atoms with Gasteiger partial charge in [0.25, 0.3) is 0 Å². The van der Waals surface area contributed by atoms with Crippen molar-refractivity contribution in [3.8, 4) is 6.07 Å². The fourth-order valence-corrected chi connectivity index (χ4v) is 15.5. The zero-order valence-corrected chi connectivity index (χ0v) is 33.9. The standard InChI is InChI=1S/C11H18S2.C8H14O2.C7H12O.C7H16S2Si.C2H3NO/c1-8-6-10(7-9(8)2)11-12-4-3-5-13-11;1-5-3-7(8(9)10)4-6(5)2;1-5-3-7(8)4-6(5)2;1-10(2,3)7-8-5-4-6-9-7;3-1-2-4/h8-9H,3-7H2,1-2H3;5-7H,3-4H2,1-2H3,(H,9,10);5-6H,3-4H2,1-2H3;7H,4-6H2,1-3H3;4H,2H2/t8-,9+;5-,6+,7?;5-,6+;;. The Morgan fingerprint density at radius 1 is 0.778 bits per heavy atom. The first-order valence-corrected chi connectivity index (χ1v) is 24.7. The molecule has 7 atom stereocenters. The van der Waals surface area contributed by atoms with Crippen LogP contribution < -0.4 is 0 Å². The van der Waals surface area contributed by atoms with Crippen LogP contribution in [0.1, 0.15) is 92.9 Å². The molecule has 2 heterocycles. The van der Waals surface area contributed by atoms with E-state index in [9.17, 15) is 9.59 Å². The largest absolute Gasteiger partial charge is 0.481 e. The van der Waals surface area contributed by atoms with Crippen LogP contribution in [0.2, 0.25) is 19.6 Å². The molecule has 1 unspecified atom stereocenters. The van der Waals surface area contributed by atoms with E-state index in [2.05, 4.69) is 108 Å². The zero-order chi connectivity index (χ0) is 34.2. The maximum Gasteiger partial charge on any atom is 0.306 e. The summed E-state index contributed by atoms with van der Waals surface area (Å²) in [7, 11) is -0.830. The summed E-state index contributed by atoms with van der Waals surface area (Å²) in [6.07, 6.45) is 8.95. The Morgan fingerprint density at radius 2 is 1.18 bits per heavy atom. The fraction of sp³-hybridized carbons (Fsp3) is 0.857. The third-order valence-corrected chi connectivity index (χ3v) is 21.4. The number of Topliss-reactive ketones (excluding diaryl/α,β-unsaturated/α-hetero) is 1. The van der Waals surface area contributed by atoms with E-state index in [4.69, 9.17) is 15.5 Å². The summed E-state index contributed by atoms with van der Waals surface area (Å²) >= 11 is 8.60. The topological polar surface area (TPSA) is 98.4 Å². The monoisotopic (exact) mass is 717 g/mol. The summed E-state index contributed by atoms with van der Waals surface area (Å²) in [4.78, 5) is 21.2. The molecule has 0 aromatic carbocycles. The van der Waals surface area contributed by atoms with Crippen molar-refractivity contribution in [2.24, 2.45) is 41.4 Å². The lowest BCUT2D eigenvalue weighted by Crippen LogP contribution is -2.35. The van der Waals surface area contributed by atoms with E-state index in [1.165, 1.54) is 54.8 Å². The average Bonchev–Trinajstić information content (AvgIpc) is 3.64. The molecule has 45 heavy (non-hydrogen) atoms. The number of nitriles is 1. The zero-order valence-electron chi connectivity index (χ0n) is 29.6. The van der Waals surface area contributed by atoms with Crippen LogP contribution in [-0.4, -0.2) is 63.9 Å². The minimum Gasteiger partial charge on any atom is -0.481 e. The van der Waals surface area contributed by atoms with Gasteiger partial charge in [0.05, 0.1) is 20.1 Å². The second-order valence-corrected chi connectivity index (χ2v) is 26.1. The number of carbonyl (C=O) groups is 2. The highest BCUT2D eigenvalue weighted by Gasteiger charge is 2.32. The van der Waals surface area contributed by atoms with Crippen molar-refractivity contribution in [1.82, 2.24) is 0 Å². The lowest BCUT2D eigenvalue weighted by molar-refractivity contribution is -0.141. The maximum absolute atomic E-state index is 10.7. The van der Waals surface area contributed by atoms with Crippen molar-refractivity contribution in [2.75, 3.05) is 29.6 Å². The molecule has 0 bridgehead atoms. The van der Waals surface area contributed by atoms with Crippen molar-refractivity contribution in [3.05, 3.63) is 9.81 Å². The summed E-state index contributed by atoms with van der Waals surface area (Å²) < 4.78 is 2.66. The van der Waals surface area contributed by atoms with Gasteiger partial charge in [-0.15, -0.1) is 23.5 Å². The number of aliphatic hydroxyl groups is 1. The number of aliphatic carboxylic acids is 1. The lowest BCUT2D eigenvalue weighted by atomic mass is 10.0. The van der Waals surface area contributed by atoms with Crippen LogP contribution in [0.15, 0.2) is 9.81 Å². The Morgan fingerprint density at radius 3 is 1.47 bits per heavy atom. The van der Waals surface area contributed by atoms with E-state index in [-0.39, 0.29) is 12.5 Å². The number of carboxylic acids is 1. The molecule has 5 aliphatic rings. The van der Waals surface area contributed by atoms with Crippen molar-refractivity contribution >= 4 is 66.9 Å². The van der Waals surface area contributed by atoms with E-state index in [0.29, 0.717) is 29.5 Å². The van der Waals surface area contributed by atoms with Gasteiger partial charge in [-0.05, 0) is 103 Å². The Bertz CT molecular complexity index is 918. The number of aliphatic hydroxyl groups excluding tert-OH is 1. The van der Waals surface area contributed by atoms with E-state index < -0.39 is 14.0 Å². The summed E-state index contributed by atoms with van der Waals surface area (Å²) in [6.45, 7) is 20.4. The number of rotatable bonds is 2. The van der Waals surface area contributed by atoms with Gasteiger partial charge in [0.1, 0.15) is 12.4 Å². The highest BCUT2D eigenvalue weighted by Crippen LogP contribution is 2.45. The maximum atomic E-state index is 10.7. The lowest BCUT2D eigenvalue weighted by Gasteiger charge is -2.30. The number of hydrogen-bond donors (Lipinski definition) is 2. The molecule has 0 spiro atoms. The molecule has 2 N–H and O–H groups in total. The molecule has 0 aromatic rings. The van der Waals surface area contributed by atoms with Gasteiger partial charge in [0, 0.05) is 21.3 Å². The molecule has 0 radical (unpaired) electrons. The summed E-state index contributed by atoms with van der Waals surface area (Å²) in [5.41, 5.74) is 1.77. The van der Waals surface area contributed by atoms with Crippen LogP contribution in [-0.2, 0) is 9.59 Å². The molecule has 0 aromatic heterocycles. The Balaban J connectivity index is 0.000000292. The van der Waals surface area contributed by atoms with Gasteiger partial charge in [0.15, 0.2) is 0 Å². The molecule has 10 heteroatoms. The van der Waals surface area contributed by atoms with Crippen LogP contribution in [0.4, 0.5) is 0 Å². The van der Waals surface area contributed by atoms with Crippen LogP contribution in [0.3, 0.4) is 0 Å². The smallest absolute Gasteiger partial charge is 0.306 e. The number of carboxylic acid groups (broad SMARTS) is 1. The molecule has 3 saturated carbocycles. The predicted molar refractivity (Wildman–Crippen MR) is 205 cm³/mol. The minimum atomic E-state index is -0.830. The molecule has 5 nitrogen and oxygen atoms in total. The highest BCUT2D eigenvalue weighted by atomic mass is 32.2. The normalized spacial score (nSPS) is 31.6. The van der Waals surface area contributed by atoms with Gasteiger partial charge in [-0.1, -0.05) is 61.2 Å². The first-order chi connectivity index (χ1) is 21.1. The Labute approximate surface area is 294 Å². The highest BCUT2D eigenvalue weighted by molar-refractivity contribution is 8.22. The number of carbonyl (C=O) groups excluding carboxylic acids is 1. The number of ketones is 1. The SMILES string of the molecule is C[C@@H]1CC(=C2SCCCS2)C[C@@H]1C.C[C@@H]1CC(=O)C[C@@H]1C.C[C@@H]1CC(C(=O)O)C[C@@H]1C.C[Si](C)(C)C1SCCCS1.N#CCO. The summed E-state index contributed by atoms with van der Waals surface area (Å²) in [6, 6.07) is 1.49. The second kappa shape index (κ2) is 22.6. The van der Waals surface area contributed by atoms with Gasteiger partial charge >= 0.3 is 5.97 Å². The van der Waals surface area contributed by atoms with Crippen LogP contribution in [0, 0.1) is 52.8 Å². The van der Waals surface area contributed by atoms with Gasteiger partial charge in [-0.3, -0.25) is 9.59 Å². The van der Waals surface area contributed by atoms with Gasteiger partial charge < -0.3 is 10.2 Å². The van der Waals surface area contributed by atoms with Crippen LogP contribution in [0.25, 0.3) is 0 Å². The molecule has 3 aliphatic carbocycles. The number of allylic oxidation sites excluding steroid dienone is 1. The van der Waals surface area contributed by atoms with Crippen LogP contribution in [0.5, 0.6) is 0 Å². The van der Waals surface area contributed by atoms with Crippen molar-refractivity contribution < 1.29 is 19.8 Å². The third kappa shape index (κ3) is 17.3. The van der Waals surface area contributed by atoms with Crippen molar-refractivity contribution in [3.63, 3.8) is 0 Å². The number of nitrogens with zero attached hydrogens (tertiary/aromatic N) is 1. The molecule has 5 fully saturated rings. The van der Waals surface area contributed by atoms with Gasteiger partial charge in [-0.25, -0.2) is 0 Å². The first-order valence-electron chi connectivity index (χ1n) is 17.0.